The van der Waals surface area contributed by atoms with Crippen LogP contribution in [-0.2, 0) is 9.59 Å². The molecule has 2 aliphatic rings. The Hall–Kier alpha value is -4.61. The molecule has 2 aromatic rings. The van der Waals surface area contributed by atoms with Gasteiger partial charge in [0.25, 0.3) is 23.4 Å². The summed E-state index contributed by atoms with van der Waals surface area (Å²) in [5, 5.41) is 11.0. The average Bonchev–Trinajstić information content (AvgIpc) is 3.07. The third-order valence-electron chi connectivity index (χ3n) is 5.72. The fraction of sp³-hybridized carbons (Fsp3) is 0.261. The zero-order valence-corrected chi connectivity index (χ0v) is 18.6. The molecule has 12 nitrogen and oxygen atoms in total. The zero-order chi connectivity index (χ0) is 25.3. The molecular weight excluding hydrogens is 460 g/mol. The minimum absolute atomic E-state index is 0.0137. The van der Waals surface area contributed by atoms with E-state index in [0.29, 0.717) is 5.56 Å². The van der Waals surface area contributed by atoms with E-state index in [9.17, 15) is 34.1 Å². The van der Waals surface area contributed by atoms with Crippen molar-refractivity contribution in [3.8, 4) is 5.75 Å². The molecule has 1 fully saturated rings. The lowest BCUT2D eigenvalue weighted by Crippen LogP contribution is -2.53. The van der Waals surface area contributed by atoms with Gasteiger partial charge in [0.1, 0.15) is 12.3 Å². The van der Waals surface area contributed by atoms with Crippen LogP contribution in [0.1, 0.15) is 38.0 Å². The maximum atomic E-state index is 12.8. The van der Waals surface area contributed by atoms with Crippen molar-refractivity contribution in [2.45, 2.75) is 6.92 Å². The second-order valence-electron chi connectivity index (χ2n) is 7.98. The van der Waals surface area contributed by atoms with Crippen molar-refractivity contribution in [2.24, 2.45) is 0 Å². The highest BCUT2D eigenvalue weighted by Crippen LogP contribution is 2.27. The van der Waals surface area contributed by atoms with Gasteiger partial charge in [-0.25, -0.2) is 0 Å². The molecule has 2 aliphatic heterocycles. The maximum Gasteiger partial charge on any atom is 0.308 e. The molecule has 2 heterocycles. The molecule has 0 spiro atoms. The number of ether oxygens (including phenoxy) is 1. The molecule has 35 heavy (non-hydrogen) atoms. The molecule has 1 saturated heterocycles. The Morgan fingerprint density at radius 3 is 2.26 bits per heavy atom. The minimum Gasteiger partial charge on any atom is -0.427 e. The number of benzene rings is 2. The van der Waals surface area contributed by atoms with Gasteiger partial charge in [-0.1, -0.05) is 6.07 Å². The standard InChI is InChI=1S/C23H20N4O8/c1-14(28)35-17-4-2-3-15(11-17)21(30)25-9-7-24(8-10-25)20(29)13-26-22(31)18-6-5-16(27(33)34)12-19(18)23(26)32/h2-6,11-12H,7-10,13H2,1H3. The predicted molar refractivity (Wildman–Crippen MR) is 119 cm³/mol. The summed E-state index contributed by atoms with van der Waals surface area (Å²) in [4.78, 5) is 76.0. The fourth-order valence-corrected chi connectivity index (χ4v) is 3.97. The number of nitro benzene ring substituents is 1. The van der Waals surface area contributed by atoms with Crippen LogP contribution in [0.2, 0.25) is 0 Å². The first-order chi connectivity index (χ1) is 16.7. The van der Waals surface area contributed by atoms with Gasteiger partial charge in [0.15, 0.2) is 0 Å². The quantitative estimate of drug-likeness (QED) is 0.203. The first kappa shape index (κ1) is 23.5. The van der Waals surface area contributed by atoms with Gasteiger partial charge in [-0.05, 0) is 24.3 Å². The first-order valence-electron chi connectivity index (χ1n) is 10.7. The van der Waals surface area contributed by atoms with Gasteiger partial charge in [0, 0.05) is 50.8 Å². The lowest BCUT2D eigenvalue weighted by molar-refractivity contribution is -0.384. The molecule has 4 amide bonds. The second-order valence-corrected chi connectivity index (χ2v) is 7.98. The van der Waals surface area contributed by atoms with Crippen LogP contribution in [0.5, 0.6) is 5.75 Å². The number of esters is 1. The van der Waals surface area contributed by atoms with Crippen LogP contribution in [0.25, 0.3) is 0 Å². The van der Waals surface area contributed by atoms with Crippen LogP contribution < -0.4 is 4.74 Å². The van der Waals surface area contributed by atoms with Gasteiger partial charge in [0.05, 0.1) is 16.1 Å². The Morgan fingerprint density at radius 2 is 1.60 bits per heavy atom. The molecule has 0 atom stereocenters. The Bertz CT molecular complexity index is 1270. The van der Waals surface area contributed by atoms with E-state index in [1.54, 1.807) is 23.1 Å². The highest BCUT2D eigenvalue weighted by Gasteiger charge is 2.39. The SMILES string of the molecule is CC(=O)Oc1cccc(C(=O)N2CCN(C(=O)CN3C(=O)c4ccc([N+](=O)[O-])cc4C3=O)CC2)c1. The molecule has 0 radical (unpaired) electrons. The number of amides is 4. The van der Waals surface area contributed by atoms with Gasteiger partial charge in [-0.3, -0.25) is 39.0 Å². The van der Waals surface area contributed by atoms with Crippen molar-refractivity contribution in [3.05, 3.63) is 69.3 Å². The number of nitrogens with zero attached hydrogens (tertiary/aromatic N) is 4. The molecule has 0 saturated carbocycles. The van der Waals surface area contributed by atoms with Gasteiger partial charge in [-0.15, -0.1) is 0 Å². The van der Waals surface area contributed by atoms with E-state index in [1.165, 1.54) is 24.0 Å². The Balaban J connectivity index is 1.36. The molecule has 2 aromatic carbocycles. The number of imide groups is 1. The predicted octanol–water partition coefficient (Wildman–Crippen LogP) is 1.10. The topological polar surface area (TPSA) is 147 Å². The summed E-state index contributed by atoms with van der Waals surface area (Å²) in [6.45, 7) is 1.62. The highest BCUT2D eigenvalue weighted by atomic mass is 16.6. The van der Waals surface area contributed by atoms with Crippen molar-refractivity contribution in [2.75, 3.05) is 32.7 Å². The third-order valence-corrected chi connectivity index (χ3v) is 5.72. The number of piperazine rings is 1. The highest BCUT2D eigenvalue weighted by molar-refractivity contribution is 6.22. The van der Waals surface area contributed by atoms with Crippen LogP contribution in [0, 0.1) is 10.1 Å². The molecule has 4 rings (SSSR count). The summed E-state index contributed by atoms with van der Waals surface area (Å²) in [6.07, 6.45) is 0. The number of hydrogen-bond acceptors (Lipinski definition) is 8. The largest absolute Gasteiger partial charge is 0.427 e. The Kier molecular flexibility index (Phi) is 6.28. The van der Waals surface area contributed by atoms with Crippen LogP contribution >= 0.6 is 0 Å². The van der Waals surface area contributed by atoms with E-state index in [0.717, 1.165) is 17.0 Å². The fourth-order valence-electron chi connectivity index (χ4n) is 3.97. The van der Waals surface area contributed by atoms with Gasteiger partial charge >= 0.3 is 5.97 Å². The second kappa shape index (κ2) is 9.33. The summed E-state index contributed by atoms with van der Waals surface area (Å²) in [6, 6.07) is 9.59. The number of carbonyl (C=O) groups is 5. The summed E-state index contributed by atoms with van der Waals surface area (Å²) < 4.78 is 5.01. The van der Waals surface area contributed by atoms with Gasteiger partial charge in [-0.2, -0.15) is 0 Å². The van der Waals surface area contributed by atoms with Crippen LogP contribution in [0.3, 0.4) is 0 Å². The van der Waals surface area contributed by atoms with Crippen molar-refractivity contribution in [1.29, 1.82) is 0 Å². The Morgan fingerprint density at radius 1 is 0.943 bits per heavy atom. The van der Waals surface area contributed by atoms with Crippen molar-refractivity contribution in [3.63, 3.8) is 0 Å². The lowest BCUT2D eigenvalue weighted by atomic mass is 10.1. The van der Waals surface area contributed by atoms with E-state index < -0.39 is 35.2 Å². The molecule has 0 N–H and O–H groups in total. The van der Waals surface area contributed by atoms with Crippen molar-refractivity contribution >= 4 is 35.3 Å². The molecule has 12 heteroatoms. The molecule has 0 aliphatic carbocycles. The zero-order valence-electron chi connectivity index (χ0n) is 18.6. The Labute approximate surface area is 198 Å². The molecule has 180 valence electrons. The molecule has 0 bridgehead atoms. The third kappa shape index (κ3) is 4.71. The van der Waals surface area contributed by atoms with Crippen LogP contribution in [-0.4, -0.2) is 81.9 Å². The van der Waals surface area contributed by atoms with Crippen molar-refractivity contribution in [1.82, 2.24) is 14.7 Å². The number of carbonyl (C=O) groups excluding carboxylic acids is 5. The van der Waals surface area contributed by atoms with E-state index in [-0.39, 0.29) is 54.7 Å². The summed E-state index contributed by atoms with van der Waals surface area (Å²) >= 11 is 0. The number of fused-ring (bicyclic) bond motifs is 1. The molecular formula is C23H20N4O8. The summed E-state index contributed by atoms with van der Waals surface area (Å²) in [5.41, 5.74) is -0.0795. The van der Waals surface area contributed by atoms with E-state index >= 15 is 0 Å². The smallest absolute Gasteiger partial charge is 0.308 e. The summed E-state index contributed by atoms with van der Waals surface area (Å²) in [7, 11) is 0. The van der Waals surface area contributed by atoms with Gasteiger partial charge in [0.2, 0.25) is 5.91 Å². The van der Waals surface area contributed by atoms with E-state index in [1.807, 2.05) is 0 Å². The van der Waals surface area contributed by atoms with Gasteiger partial charge < -0.3 is 14.5 Å². The minimum atomic E-state index is -0.761. The van der Waals surface area contributed by atoms with Crippen molar-refractivity contribution < 1.29 is 33.6 Å². The number of rotatable bonds is 5. The molecule has 0 aromatic heterocycles. The maximum absolute atomic E-state index is 12.8. The summed E-state index contributed by atoms with van der Waals surface area (Å²) in [5.74, 6) is -2.45. The number of non-ortho nitro benzene ring substituents is 1. The molecule has 0 unspecified atom stereocenters. The average molecular weight is 480 g/mol. The van der Waals surface area contributed by atoms with E-state index in [4.69, 9.17) is 4.74 Å². The monoisotopic (exact) mass is 480 g/mol. The number of nitro groups is 1. The lowest BCUT2D eigenvalue weighted by Gasteiger charge is -2.35. The van der Waals surface area contributed by atoms with Crippen LogP contribution in [0.4, 0.5) is 5.69 Å². The van der Waals surface area contributed by atoms with E-state index in [2.05, 4.69) is 0 Å². The number of hydrogen-bond donors (Lipinski definition) is 0. The van der Waals surface area contributed by atoms with Crippen LogP contribution in [0.15, 0.2) is 42.5 Å². The first-order valence-corrected chi connectivity index (χ1v) is 10.7. The normalized spacial score (nSPS) is 15.2.